The van der Waals surface area contributed by atoms with Gasteiger partial charge in [0.2, 0.25) is 5.91 Å². The first-order chi connectivity index (χ1) is 9.21. The first-order valence-corrected chi connectivity index (χ1v) is 6.44. The molecule has 1 aromatic rings. The Labute approximate surface area is 113 Å². The number of benzene rings is 1. The lowest BCUT2D eigenvalue weighted by Crippen LogP contribution is -2.36. The molecule has 5 nitrogen and oxygen atoms in total. The zero-order chi connectivity index (χ0) is 13.8. The van der Waals surface area contributed by atoms with Gasteiger partial charge in [0.1, 0.15) is 0 Å². The van der Waals surface area contributed by atoms with Gasteiger partial charge in [-0.2, -0.15) is 0 Å². The van der Waals surface area contributed by atoms with E-state index < -0.39 is 0 Å². The monoisotopic (exact) mass is 264 g/mol. The fraction of sp³-hybridized carbons (Fsp3) is 0.500. The highest BCUT2D eigenvalue weighted by Crippen LogP contribution is 2.35. The maximum Gasteiger partial charge on any atom is 0.230 e. The number of nitrogens with two attached hydrogens (primary N) is 1. The van der Waals surface area contributed by atoms with Gasteiger partial charge in [-0.15, -0.1) is 0 Å². The van der Waals surface area contributed by atoms with E-state index in [2.05, 4.69) is 0 Å². The minimum atomic E-state index is 0.151. The van der Waals surface area contributed by atoms with E-state index >= 15 is 0 Å². The van der Waals surface area contributed by atoms with E-state index in [1.807, 2.05) is 12.1 Å². The minimum absolute atomic E-state index is 0.151. The Kier molecular flexibility index (Phi) is 4.27. The van der Waals surface area contributed by atoms with Crippen molar-refractivity contribution >= 4 is 11.6 Å². The van der Waals surface area contributed by atoms with Crippen LogP contribution in [0.25, 0.3) is 0 Å². The minimum Gasteiger partial charge on any atom is -0.493 e. The molecule has 0 bridgehead atoms. The van der Waals surface area contributed by atoms with E-state index in [1.54, 1.807) is 25.2 Å². The fourth-order valence-electron chi connectivity index (χ4n) is 2.04. The Balaban J connectivity index is 2.27. The normalized spacial score (nSPS) is 14.1. The molecule has 0 heterocycles. The number of nitrogens with zero attached hydrogens (tertiary/aromatic N) is 1. The maximum absolute atomic E-state index is 12.2. The summed E-state index contributed by atoms with van der Waals surface area (Å²) in [5.41, 5.74) is 6.41. The number of carbonyl (C=O) groups is 1. The highest BCUT2D eigenvalue weighted by atomic mass is 16.5. The molecule has 1 saturated carbocycles. The topological polar surface area (TPSA) is 64.8 Å². The third-order valence-corrected chi connectivity index (χ3v) is 3.22. The lowest BCUT2D eigenvalue weighted by molar-refractivity contribution is -0.119. The number of amides is 1. The van der Waals surface area contributed by atoms with E-state index in [4.69, 9.17) is 15.2 Å². The number of rotatable bonds is 6. The summed E-state index contributed by atoms with van der Waals surface area (Å²) in [5, 5.41) is 0. The summed E-state index contributed by atoms with van der Waals surface area (Å²) in [6.45, 7) is 0.956. The zero-order valence-electron chi connectivity index (χ0n) is 11.4. The van der Waals surface area contributed by atoms with Gasteiger partial charge in [-0.25, -0.2) is 0 Å². The zero-order valence-corrected chi connectivity index (χ0v) is 11.4. The second-order valence-electron chi connectivity index (χ2n) is 4.59. The highest BCUT2D eigenvalue weighted by Gasteiger charge is 2.34. The number of hydrogen-bond acceptors (Lipinski definition) is 4. The number of anilines is 1. The summed E-state index contributed by atoms with van der Waals surface area (Å²) in [5.74, 6) is 1.58. The van der Waals surface area contributed by atoms with Gasteiger partial charge in [-0.05, 0) is 25.0 Å². The quantitative estimate of drug-likeness (QED) is 0.843. The molecule has 5 heteroatoms. The van der Waals surface area contributed by atoms with Crippen molar-refractivity contribution in [1.82, 2.24) is 0 Å². The summed E-state index contributed by atoms with van der Waals surface area (Å²) < 4.78 is 10.5. The molecule has 1 aromatic carbocycles. The molecule has 0 radical (unpaired) electrons. The third kappa shape index (κ3) is 2.98. The van der Waals surface area contributed by atoms with Crippen LogP contribution in [-0.2, 0) is 4.79 Å². The molecule has 0 saturated heterocycles. The Bertz CT molecular complexity index is 458. The van der Waals surface area contributed by atoms with Crippen molar-refractivity contribution in [2.75, 3.05) is 32.2 Å². The number of methoxy groups -OCH3 is 2. The Morgan fingerprint density at radius 2 is 2.00 bits per heavy atom. The summed E-state index contributed by atoms with van der Waals surface area (Å²) in [6, 6.07) is 5.48. The standard InChI is InChI=1S/C14H20N2O3/c1-18-12-6-5-11(9-13(12)19-2)16(8-7-15)14(17)10-3-4-10/h5-6,9-10H,3-4,7-8,15H2,1-2H3. The van der Waals surface area contributed by atoms with Crippen LogP contribution >= 0.6 is 0 Å². The molecule has 1 aliphatic carbocycles. The van der Waals surface area contributed by atoms with Crippen molar-refractivity contribution in [3.63, 3.8) is 0 Å². The van der Waals surface area contributed by atoms with Crippen molar-refractivity contribution in [2.24, 2.45) is 11.7 Å². The first kappa shape index (κ1) is 13.7. The molecule has 0 spiro atoms. The lowest BCUT2D eigenvalue weighted by Gasteiger charge is -2.23. The van der Waals surface area contributed by atoms with Gasteiger partial charge < -0.3 is 20.1 Å². The average molecular weight is 264 g/mol. The van der Waals surface area contributed by atoms with Gasteiger partial charge >= 0.3 is 0 Å². The predicted octanol–water partition coefficient (Wildman–Crippen LogP) is 1.41. The molecule has 1 aliphatic rings. The summed E-state index contributed by atoms with van der Waals surface area (Å²) in [4.78, 5) is 14.0. The molecule has 0 aromatic heterocycles. The average Bonchev–Trinajstić information content (AvgIpc) is 3.28. The maximum atomic E-state index is 12.2. The van der Waals surface area contributed by atoms with Crippen LogP contribution < -0.4 is 20.1 Å². The van der Waals surface area contributed by atoms with Gasteiger partial charge in [0.05, 0.1) is 14.2 Å². The van der Waals surface area contributed by atoms with E-state index in [1.165, 1.54) is 0 Å². The molecule has 0 aliphatic heterocycles. The molecule has 2 rings (SSSR count). The van der Waals surface area contributed by atoms with Crippen LogP contribution in [0.2, 0.25) is 0 Å². The van der Waals surface area contributed by atoms with Gasteiger partial charge in [0.15, 0.2) is 11.5 Å². The molecule has 1 fully saturated rings. The first-order valence-electron chi connectivity index (χ1n) is 6.44. The highest BCUT2D eigenvalue weighted by molar-refractivity contribution is 5.96. The third-order valence-electron chi connectivity index (χ3n) is 3.22. The van der Waals surface area contributed by atoms with Gasteiger partial charge in [-0.1, -0.05) is 0 Å². The van der Waals surface area contributed by atoms with Crippen LogP contribution in [0.4, 0.5) is 5.69 Å². The lowest BCUT2D eigenvalue weighted by atomic mass is 10.2. The van der Waals surface area contributed by atoms with Crippen molar-refractivity contribution in [3.8, 4) is 11.5 Å². The number of hydrogen-bond donors (Lipinski definition) is 1. The number of ether oxygens (including phenoxy) is 2. The number of carbonyl (C=O) groups excluding carboxylic acids is 1. The van der Waals surface area contributed by atoms with Gasteiger partial charge in [0.25, 0.3) is 0 Å². The molecule has 1 amide bonds. The summed E-state index contributed by atoms with van der Waals surface area (Å²) in [7, 11) is 3.17. The van der Waals surface area contributed by atoms with Crippen LogP contribution in [0.15, 0.2) is 18.2 Å². The molecular formula is C14H20N2O3. The molecule has 2 N–H and O–H groups in total. The SMILES string of the molecule is COc1ccc(N(CCN)C(=O)C2CC2)cc1OC. The molecule has 0 atom stereocenters. The van der Waals surface area contributed by atoms with Crippen molar-refractivity contribution < 1.29 is 14.3 Å². The molecule has 0 unspecified atom stereocenters. The second kappa shape index (κ2) is 5.93. The smallest absolute Gasteiger partial charge is 0.230 e. The van der Waals surface area contributed by atoms with Gasteiger partial charge in [0, 0.05) is 30.8 Å². The van der Waals surface area contributed by atoms with E-state index in [0.717, 1.165) is 18.5 Å². The molecule has 104 valence electrons. The Hall–Kier alpha value is -1.75. The van der Waals surface area contributed by atoms with Crippen LogP contribution in [0, 0.1) is 5.92 Å². The van der Waals surface area contributed by atoms with E-state index in [-0.39, 0.29) is 11.8 Å². The van der Waals surface area contributed by atoms with Crippen LogP contribution in [0.3, 0.4) is 0 Å². The molecular weight excluding hydrogens is 244 g/mol. The second-order valence-corrected chi connectivity index (χ2v) is 4.59. The van der Waals surface area contributed by atoms with Crippen molar-refractivity contribution in [2.45, 2.75) is 12.8 Å². The molecule has 19 heavy (non-hydrogen) atoms. The fourth-order valence-corrected chi connectivity index (χ4v) is 2.04. The van der Waals surface area contributed by atoms with Crippen molar-refractivity contribution in [1.29, 1.82) is 0 Å². The summed E-state index contributed by atoms with van der Waals surface area (Å²) >= 11 is 0. The van der Waals surface area contributed by atoms with Crippen molar-refractivity contribution in [3.05, 3.63) is 18.2 Å². The van der Waals surface area contributed by atoms with Gasteiger partial charge in [-0.3, -0.25) is 4.79 Å². The largest absolute Gasteiger partial charge is 0.493 e. The van der Waals surface area contributed by atoms with E-state index in [0.29, 0.717) is 24.6 Å². The van der Waals surface area contributed by atoms with Crippen LogP contribution in [0.5, 0.6) is 11.5 Å². The van der Waals surface area contributed by atoms with E-state index in [9.17, 15) is 4.79 Å². The summed E-state index contributed by atoms with van der Waals surface area (Å²) in [6.07, 6.45) is 1.96. The predicted molar refractivity (Wildman–Crippen MR) is 73.7 cm³/mol. The van der Waals surface area contributed by atoms with Crippen LogP contribution in [0.1, 0.15) is 12.8 Å². The Morgan fingerprint density at radius 3 is 2.53 bits per heavy atom. The van der Waals surface area contributed by atoms with Crippen LogP contribution in [-0.4, -0.2) is 33.2 Å². The Morgan fingerprint density at radius 1 is 1.32 bits per heavy atom.